The van der Waals surface area contributed by atoms with E-state index in [0.29, 0.717) is 12.3 Å². The summed E-state index contributed by atoms with van der Waals surface area (Å²) in [5.41, 5.74) is 7.96. The van der Waals surface area contributed by atoms with Crippen molar-refractivity contribution in [2.75, 3.05) is 26.2 Å². The maximum Gasteiger partial charge on any atom is 0.217 e. The van der Waals surface area contributed by atoms with Gasteiger partial charge in [-0.3, -0.25) is 9.79 Å². The summed E-state index contributed by atoms with van der Waals surface area (Å²) in [4.78, 5) is 18.2. The number of amides is 1. The Morgan fingerprint density at radius 1 is 1.46 bits per heavy atom. The second-order valence-electron chi connectivity index (χ2n) is 6.60. The second-order valence-corrected chi connectivity index (χ2v) is 6.60. The lowest BCUT2D eigenvalue weighted by atomic mass is 9.95. The van der Waals surface area contributed by atoms with Crippen LogP contribution in [0.5, 0.6) is 0 Å². The third-order valence-corrected chi connectivity index (χ3v) is 4.39. The molecule has 3 N–H and O–H groups in total. The van der Waals surface area contributed by atoms with Crippen molar-refractivity contribution in [1.29, 1.82) is 0 Å². The molecule has 0 radical (unpaired) electrons. The van der Waals surface area contributed by atoms with Gasteiger partial charge in [-0.05, 0) is 44.6 Å². The lowest BCUT2D eigenvalue weighted by molar-refractivity contribution is -0.119. The first-order valence-electron chi connectivity index (χ1n) is 8.95. The van der Waals surface area contributed by atoms with Gasteiger partial charge in [0.2, 0.25) is 5.91 Å². The molecule has 1 unspecified atom stereocenters. The largest absolute Gasteiger partial charge is 0.370 e. The number of aryl methyl sites for hydroxylation is 1. The highest BCUT2D eigenvalue weighted by atomic mass is 16.1. The standard InChI is InChI=1S/C19H30N4O/c1-3-21-19(22-10-9-16-7-4-6-15(2)12-16)23-11-5-8-17(14-23)13-18(20)24/h4,6-7,12,17H,3,5,8-11,13-14H2,1-2H3,(H2,20,24)(H,21,22). The molecule has 24 heavy (non-hydrogen) atoms. The van der Waals surface area contributed by atoms with E-state index in [4.69, 9.17) is 10.7 Å². The quantitative estimate of drug-likeness (QED) is 0.620. The Morgan fingerprint density at radius 3 is 3.00 bits per heavy atom. The van der Waals surface area contributed by atoms with Gasteiger partial charge < -0.3 is 16.0 Å². The van der Waals surface area contributed by atoms with Gasteiger partial charge in [-0.15, -0.1) is 0 Å². The number of nitrogens with zero attached hydrogens (tertiary/aromatic N) is 2. The Hall–Kier alpha value is -2.04. The molecule has 1 atom stereocenters. The molecule has 1 aliphatic heterocycles. The zero-order valence-electron chi connectivity index (χ0n) is 14.9. The molecule has 1 aliphatic rings. The molecule has 0 aromatic heterocycles. The van der Waals surface area contributed by atoms with Crippen molar-refractivity contribution in [2.45, 2.75) is 39.5 Å². The summed E-state index contributed by atoms with van der Waals surface area (Å²) in [5.74, 6) is 1.10. The summed E-state index contributed by atoms with van der Waals surface area (Å²) in [7, 11) is 0. The molecule has 0 spiro atoms. The van der Waals surface area contributed by atoms with E-state index in [1.807, 2.05) is 0 Å². The molecule has 132 valence electrons. The number of aliphatic imine (C=N–C) groups is 1. The Labute approximate surface area is 145 Å². The first kappa shape index (κ1) is 18.3. The van der Waals surface area contributed by atoms with Crippen LogP contribution in [0, 0.1) is 12.8 Å². The van der Waals surface area contributed by atoms with Crippen molar-refractivity contribution in [3.05, 3.63) is 35.4 Å². The molecule has 1 aromatic carbocycles. The fraction of sp³-hybridized carbons (Fsp3) is 0.579. The van der Waals surface area contributed by atoms with Crippen LogP contribution in [-0.2, 0) is 11.2 Å². The third kappa shape index (κ3) is 5.87. The minimum Gasteiger partial charge on any atom is -0.370 e. The van der Waals surface area contributed by atoms with Gasteiger partial charge in [0.25, 0.3) is 0 Å². The average molecular weight is 330 g/mol. The lowest BCUT2D eigenvalue weighted by Gasteiger charge is -2.34. The maximum atomic E-state index is 11.2. The fourth-order valence-electron chi connectivity index (χ4n) is 3.29. The van der Waals surface area contributed by atoms with Gasteiger partial charge in [-0.2, -0.15) is 0 Å². The van der Waals surface area contributed by atoms with Crippen LogP contribution in [0.4, 0.5) is 0 Å². The number of carbonyl (C=O) groups is 1. The van der Waals surface area contributed by atoms with Crippen LogP contribution in [0.2, 0.25) is 0 Å². The highest BCUT2D eigenvalue weighted by Gasteiger charge is 2.23. The van der Waals surface area contributed by atoms with Gasteiger partial charge in [0.15, 0.2) is 5.96 Å². The minimum atomic E-state index is -0.205. The monoisotopic (exact) mass is 330 g/mol. The maximum absolute atomic E-state index is 11.2. The van der Waals surface area contributed by atoms with Crippen LogP contribution in [0.25, 0.3) is 0 Å². The zero-order valence-corrected chi connectivity index (χ0v) is 14.9. The summed E-state index contributed by atoms with van der Waals surface area (Å²) >= 11 is 0. The van der Waals surface area contributed by atoms with E-state index in [-0.39, 0.29) is 5.91 Å². The molecule has 0 saturated carbocycles. The van der Waals surface area contributed by atoms with Crippen molar-refractivity contribution in [2.24, 2.45) is 16.6 Å². The lowest BCUT2D eigenvalue weighted by Crippen LogP contribution is -2.47. The Morgan fingerprint density at radius 2 is 2.29 bits per heavy atom. The van der Waals surface area contributed by atoms with Crippen LogP contribution >= 0.6 is 0 Å². The number of rotatable bonds is 6. The van der Waals surface area contributed by atoms with E-state index in [1.165, 1.54) is 11.1 Å². The number of nitrogens with one attached hydrogen (secondary N) is 1. The van der Waals surface area contributed by atoms with E-state index >= 15 is 0 Å². The highest BCUT2D eigenvalue weighted by Crippen LogP contribution is 2.19. The summed E-state index contributed by atoms with van der Waals surface area (Å²) in [6, 6.07) is 8.58. The van der Waals surface area contributed by atoms with Crippen molar-refractivity contribution < 1.29 is 4.79 Å². The van der Waals surface area contributed by atoms with Gasteiger partial charge in [0.05, 0.1) is 0 Å². The van der Waals surface area contributed by atoms with Crippen LogP contribution in [-0.4, -0.2) is 42.9 Å². The van der Waals surface area contributed by atoms with E-state index in [9.17, 15) is 4.79 Å². The zero-order chi connectivity index (χ0) is 17.4. The molecule has 0 bridgehead atoms. The Balaban J connectivity index is 1.95. The van der Waals surface area contributed by atoms with Crippen LogP contribution in [0.3, 0.4) is 0 Å². The minimum absolute atomic E-state index is 0.205. The average Bonchev–Trinajstić information content (AvgIpc) is 2.54. The van der Waals surface area contributed by atoms with E-state index in [0.717, 1.165) is 51.4 Å². The van der Waals surface area contributed by atoms with Gasteiger partial charge in [0, 0.05) is 32.6 Å². The number of hydrogen-bond donors (Lipinski definition) is 2. The summed E-state index contributed by atoms with van der Waals surface area (Å²) < 4.78 is 0. The van der Waals surface area contributed by atoms with E-state index < -0.39 is 0 Å². The summed E-state index contributed by atoms with van der Waals surface area (Å²) in [5, 5.41) is 3.38. The third-order valence-electron chi connectivity index (χ3n) is 4.39. The second kappa shape index (κ2) is 9.30. The van der Waals surface area contributed by atoms with Gasteiger partial charge >= 0.3 is 0 Å². The van der Waals surface area contributed by atoms with E-state index in [1.54, 1.807) is 0 Å². The topological polar surface area (TPSA) is 70.7 Å². The van der Waals surface area contributed by atoms with E-state index in [2.05, 4.69) is 48.3 Å². The number of guanidine groups is 1. The molecular formula is C19H30N4O. The molecular weight excluding hydrogens is 300 g/mol. The number of likely N-dealkylation sites (tertiary alicyclic amines) is 1. The summed E-state index contributed by atoms with van der Waals surface area (Å²) in [6.07, 6.45) is 3.57. The molecule has 1 heterocycles. The number of carbonyl (C=O) groups excluding carboxylic acids is 1. The smallest absolute Gasteiger partial charge is 0.217 e. The van der Waals surface area contributed by atoms with Crippen molar-refractivity contribution >= 4 is 11.9 Å². The molecule has 1 fully saturated rings. The first-order valence-corrected chi connectivity index (χ1v) is 8.95. The highest BCUT2D eigenvalue weighted by molar-refractivity contribution is 5.80. The first-order chi connectivity index (χ1) is 11.6. The van der Waals surface area contributed by atoms with Crippen LogP contribution in [0.15, 0.2) is 29.3 Å². The number of nitrogens with two attached hydrogens (primary N) is 1. The van der Waals surface area contributed by atoms with Gasteiger partial charge in [-0.25, -0.2) is 0 Å². The fourth-order valence-corrected chi connectivity index (χ4v) is 3.29. The number of benzene rings is 1. The number of hydrogen-bond acceptors (Lipinski definition) is 2. The number of primary amides is 1. The Kier molecular flexibility index (Phi) is 7.09. The van der Waals surface area contributed by atoms with Crippen molar-refractivity contribution in [3.63, 3.8) is 0 Å². The molecule has 1 saturated heterocycles. The molecule has 1 aromatic rings. The summed E-state index contributed by atoms with van der Waals surface area (Å²) in [6.45, 7) is 7.66. The van der Waals surface area contributed by atoms with Crippen LogP contribution < -0.4 is 11.1 Å². The SMILES string of the molecule is CCNC(=NCCc1cccc(C)c1)N1CCCC(CC(N)=O)C1. The molecule has 2 rings (SSSR count). The van der Waals surface area contributed by atoms with Gasteiger partial charge in [0.1, 0.15) is 0 Å². The predicted octanol–water partition coefficient (Wildman–Crippen LogP) is 2.09. The molecule has 5 nitrogen and oxygen atoms in total. The Bertz CT molecular complexity index is 570. The van der Waals surface area contributed by atoms with Crippen molar-refractivity contribution in [3.8, 4) is 0 Å². The van der Waals surface area contributed by atoms with Crippen LogP contribution in [0.1, 0.15) is 37.3 Å². The van der Waals surface area contributed by atoms with Crippen molar-refractivity contribution in [1.82, 2.24) is 10.2 Å². The molecule has 5 heteroatoms. The van der Waals surface area contributed by atoms with Gasteiger partial charge in [-0.1, -0.05) is 29.8 Å². The normalized spacial score (nSPS) is 18.5. The number of piperidine rings is 1. The predicted molar refractivity (Wildman–Crippen MR) is 99.0 cm³/mol. The molecule has 1 amide bonds. The molecule has 0 aliphatic carbocycles.